The number of halogens is 1. The summed E-state index contributed by atoms with van der Waals surface area (Å²) in [7, 11) is 0. The second kappa shape index (κ2) is 9.08. The standard InChI is InChI=1S/C19H21ClN2O3/c1-13-5-4-6-15(11-13)25-10-3-2-7-18(23)22-14-8-9-16(19(21)24)17(20)12-14/h4-6,8-9,11-12H,2-3,7,10H2,1H3,(H2,21,24)(H,22,23). The average molecular weight is 361 g/mol. The highest BCUT2D eigenvalue weighted by Gasteiger charge is 2.09. The highest BCUT2D eigenvalue weighted by Crippen LogP contribution is 2.21. The molecule has 0 aliphatic carbocycles. The Labute approximate surface area is 152 Å². The van der Waals surface area contributed by atoms with Gasteiger partial charge in [-0.15, -0.1) is 0 Å². The SMILES string of the molecule is Cc1cccc(OCCCCC(=O)Nc2ccc(C(N)=O)c(Cl)c2)c1. The van der Waals surface area contributed by atoms with E-state index in [1.807, 2.05) is 31.2 Å². The monoisotopic (exact) mass is 360 g/mol. The molecule has 0 atom stereocenters. The zero-order chi connectivity index (χ0) is 18.2. The number of nitrogens with two attached hydrogens (primary N) is 1. The van der Waals surface area contributed by atoms with Crippen molar-refractivity contribution in [2.75, 3.05) is 11.9 Å². The second-order valence-corrected chi connectivity index (χ2v) is 6.14. The summed E-state index contributed by atoms with van der Waals surface area (Å²) in [5, 5.41) is 2.97. The number of nitrogens with one attached hydrogen (secondary N) is 1. The van der Waals surface area contributed by atoms with Crippen molar-refractivity contribution in [1.82, 2.24) is 0 Å². The van der Waals surface area contributed by atoms with E-state index in [1.165, 1.54) is 12.1 Å². The number of hydrogen-bond acceptors (Lipinski definition) is 3. The lowest BCUT2D eigenvalue weighted by atomic mass is 10.2. The lowest BCUT2D eigenvalue weighted by Gasteiger charge is -2.08. The third-order valence-electron chi connectivity index (χ3n) is 3.57. The Morgan fingerprint density at radius 1 is 1.16 bits per heavy atom. The molecule has 0 aliphatic rings. The number of carbonyl (C=O) groups is 2. The molecule has 0 radical (unpaired) electrons. The van der Waals surface area contributed by atoms with Crippen LogP contribution in [0.25, 0.3) is 0 Å². The topological polar surface area (TPSA) is 81.4 Å². The molecular weight excluding hydrogens is 340 g/mol. The van der Waals surface area contributed by atoms with Crippen LogP contribution in [0.1, 0.15) is 35.2 Å². The highest BCUT2D eigenvalue weighted by molar-refractivity contribution is 6.34. The molecule has 3 N–H and O–H groups in total. The Bertz CT molecular complexity index is 762. The maximum Gasteiger partial charge on any atom is 0.250 e. The van der Waals surface area contributed by atoms with Crippen LogP contribution in [0.5, 0.6) is 5.75 Å². The number of benzene rings is 2. The first kappa shape index (κ1) is 18.8. The molecule has 0 heterocycles. The molecule has 5 nitrogen and oxygen atoms in total. The van der Waals surface area contributed by atoms with Gasteiger partial charge in [-0.05, 0) is 55.7 Å². The maximum atomic E-state index is 11.9. The van der Waals surface area contributed by atoms with Crippen LogP contribution >= 0.6 is 11.6 Å². The van der Waals surface area contributed by atoms with Gasteiger partial charge in [0.25, 0.3) is 0 Å². The summed E-state index contributed by atoms with van der Waals surface area (Å²) in [4.78, 5) is 23.1. The molecule has 0 unspecified atom stereocenters. The minimum Gasteiger partial charge on any atom is -0.494 e. The van der Waals surface area contributed by atoms with E-state index >= 15 is 0 Å². The zero-order valence-electron chi connectivity index (χ0n) is 14.0. The van der Waals surface area contributed by atoms with Crippen molar-refractivity contribution >= 4 is 29.1 Å². The molecule has 0 bridgehead atoms. The van der Waals surface area contributed by atoms with Crippen molar-refractivity contribution < 1.29 is 14.3 Å². The first-order chi connectivity index (χ1) is 12.0. The van der Waals surface area contributed by atoms with Crippen molar-refractivity contribution in [2.45, 2.75) is 26.2 Å². The molecule has 2 rings (SSSR count). The molecule has 2 aromatic rings. The molecule has 0 saturated carbocycles. The number of rotatable bonds is 8. The number of primary amides is 1. The summed E-state index contributed by atoms with van der Waals surface area (Å²) >= 11 is 5.95. The molecule has 0 fully saturated rings. The van der Waals surface area contributed by atoms with E-state index in [4.69, 9.17) is 22.1 Å². The fourth-order valence-corrected chi connectivity index (χ4v) is 2.57. The Morgan fingerprint density at radius 3 is 2.64 bits per heavy atom. The van der Waals surface area contributed by atoms with Gasteiger partial charge in [0.1, 0.15) is 5.75 Å². The van der Waals surface area contributed by atoms with Crippen molar-refractivity contribution in [3.63, 3.8) is 0 Å². The van der Waals surface area contributed by atoms with Crippen LogP contribution < -0.4 is 15.8 Å². The summed E-state index contributed by atoms with van der Waals surface area (Å²) < 4.78 is 5.65. The Hall–Kier alpha value is -2.53. The number of ether oxygens (including phenoxy) is 1. The number of amides is 2. The van der Waals surface area contributed by atoms with E-state index in [-0.39, 0.29) is 16.5 Å². The minimum absolute atomic E-state index is 0.113. The Kier molecular flexibility index (Phi) is 6.83. The van der Waals surface area contributed by atoms with E-state index < -0.39 is 5.91 Å². The molecule has 25 heavy (non-hydrogen) atoms. The number of hydrogen-bond donors (Lipinski definition) is 2. The number of unbranched alkanes of at least 4 members (excludes halogenated alkanes) is 1. The van der Waals surface area contributed by atoms with Gasteiger partial charge >= 0.3 is 0 Å². The van der Waals surface area contributed by atoms with Crippen LogP contribution in [-0.2, 0) is 4.79 Å². The van der Waals surface area contributed by atoms with Gasteiger partial charge < -0.3 is 15.8 Å². The lowest BCUT2D eigenvalue weighted by Crippen LogP contribution is -2.14. The van der Waals surface area contributed by atoms with Crippen LogP contribution in [-0.4, -0.2) is 18.4 Å². The molecule has 2 aromatic carbocycles. The Morgan fingerprint density at radius 2 is 1.96 bits per heavy atom. The molecular formula is C19H21ClN2O3. The Balaban J connectivity index is 1.70. The molecule has 0 aromatic heterocycles. The molecule has 0 spiro atoms. The van der Waals surface area contributed by atoms with E-state index in [9.17, 15) is 9.59 Å². The van der Waals surface area contributed by atoms with Crippen LogP contribution in [0.2, 0.25) is 5.02 Å². The third-order valence-corrected chi connectivity index (χ3v) is 3.89. The van der Waals surface area contributed by atoms with Crippen LogP contribution in [0.4, 0.5) is 5.69 Å². The van der Waals surface area contributed by atoms with Crippen molar-refractivity contribution in [3.8, 4) is 5.75 Å². The first-order valence-corrected chi connectivity index (χ1v) is 8.42. The molecule has 0 saturated heterocycles. The number of anilines is 1. The number of carbonyl (C=O) groups excluding carboxylic acids is 2. The van der Waals surface area contributed by atoms with E-state index in [1.54, 1.807) is 6.07 Å². The smallest absolute Gasteiger partial charge is 0.250 e. The summed E-state index contributed by atoms with van der Waals surface area (Å²) in [6.45, 7) is 2.58. The van der Waals surface area contributed by atoms with E-state index in [2.05, 4.69) is 5.32 Å². The maximum absolute atomic E-state index is 11.9. The van der Waals surface area contributed by atoms with Gasteiger partial charge in [0, 0.05) is 12.1 Å². The number of aryl methyl sites for hydroxylation is 1. The molecule has 0 aliphatic heterocycles. The molecule has 6 heteroatoms. The fourth-order valence-electron chi connectivity index (χ4n) is 2.30. The van der Waals surface area contributed by atoms with Crippen molar-refractivity contribution in [2.24, 2.45) is 5.73 Å². The van der Waals surface area contributed by atoms with Gasteiger partial charge in [0.2, 0.25) is 11.8 Å². The average Bonchev–Trinajstić information content (AvgIpc) is 2.54. The van der Waals surface area contributed by atoms with Crippen LogP contribution in [0, 0.1) is 6.92 Å². The lowest BCUT2D eigenvalue weighted by molar-refractivity contribution is -0.116. The van der Waals surface area contributed by atoms with Gasteiger partial charge in [-0.2, -0.15) is 0 Å². The van der Waals surface area contributed by atoms with Gasteiger partial charge in [-0.3, -0.25) is 9.59 Å². The van der Waals surface area contributed by atoms with Gasteiger partial charge in [0.05, 0.1) is 17.2 Å². The predicted octanol–water partition coefficient (Wildman–Crippen LogP) is 3.94. The van der Waals surface area contributed by atoms with Crippen molar-refractivity contribution in [3.05, 3.63) is 58.6 Å². The zero-order valence-corrected chi connectivity index (χ0v) is 14.8. The highest BCUT2D eigenvalue weighted by atomic mass is 35.5. The summed E-state index contributed by atoms with van der Waals surface area (Å²) in [5.41, 5.74) is 7.11. The largest absolute Gasteiger partial charge is 0.494 e. The minimum atomic E-state index is -0.600. The molecule has 132 valence electrons. The van der Waals surface area contributed by atoms with Crippen LogP contribution in [0.15, 0.2) is 42.5 Å². The second-order valence-electron chi connectivity index (χ2n) is 5.73. The van der Waals surface area contributed by atoms with E-state index in [0.717, 1.165) is 17.7 Å². The van der Waals surface area contributed by atoms with E-state index in [0.29, 0.717) is 25.1 Å². The van der Waals surface area contributed by atoms with Gasteiger partial charge in [-0.1, -0.05) is 23.7 Å². The quantitative estimate of drug-likeness (QED) is 0.699. The molecule has 2 amide bonds. The third kappa shape index (κ3) is 6.12. The summed E-state index contributed by atoms with van der Waals surface area (Å²) in [6.07, 6.45) is 1.87. The summed E-state index contributed by atoms with van der Waals surface area (Å²) in [6, 6.07) is 12.5. The predicted molar refractivity (Wildman–Crippen MR) is 99.1 cm³/mol. The summed E-state index contributed by atoms with van der Waals surface area (Å²) in [5.74, 6) is 0.128. The van der Waals surface area contributed by atoms with Gasteiger partial charge in [-0.25, -0.2) is 0 Å². The first-order valence-electron chi connectivity index (χ1n) is 8.04. The van der Waals surface area contributed by atoms with Crippen molar-refractivity contribution in [1.29, 1.82) is 0 Å². The van der Waals surface area contributed by atoms with Crippen LogP contribution in [0.3, 0.4) is 0 Å². The van der Waals surface area contributed by atoms with Gasteiger partial charge in [0.15, 0.2) is 0 Å². The fraction of sp³-hybridized carbons (Fsp3) is 0.263. The normalized spacial score (nSPS) is 10.3.